The zero-order chi connectivity index (χ0) is 11.1. The molecule has 0 saturated carbocycles. The zero-order valence-corrected chi connectivity index (χ0v) is 11.3. The molecule has 0 aliphatic rings. The summed E-state index contributed by atoms with van der Waals surface area (Å²) in [4.78, 5) is 1.27. The van der Waals surface area contributed by atoms with E-state index < -0.39 is 0 Å². The van der Waals surface area contributed by atoms with Crippen LogP contribution in [0.3, 0.4) is 0 Å². The van der Waals surface area contributed by atoms with Gasteiger partial charge in [-0.1, -0.05) is 15.9 Å². The maximum Gasteiger partial charge on any atom is 0.157 e. The number of benzene rings is 1. The fourth-order valence-electron chi connectivity index (χ4n) is 1.14. The highest BCUT2D eigenvalue weighted by Crippen LogP contribution is 2.21. The second-order valence-electron chi connectivity index (χ2n) is 2.99. The van der Waals surface area contributed by atoms with Crippen LogP contribution in [0.2, 0.25) is 0 Å². The third-order valence-corrected chi connectivity index (χ3v) is 3.54. The third kappa shape index (κ3) is 5.02. The first-order chi connectivity index (χ1) is 7.26. The van der Waals surface area contributed by atoms with E-state index in [1.165, 1.54) is 4.90 Å². The lowest BCUT2D eigenvalue weighted by Gasteiger charge is -2.12. The fourth-order valence-corrected chi connectivity index (χ4v) is 2.27. The van der Waals surface area contributed by atoms with E-state index in [9.17, 15) is 0 Å². The summed E-state index contributed by atoms with van der Waals surface area (Å²) < 4.78 is 11.3. The van der Waals surface area contributed by atoms with E-state index in [-0.39, 0.29) is 6.29 Å². The van der Waals surface area contributed by atoms with Gasteiger partial charge < -0.3 is 9.47 Å². The van der Waals surface area contributed by atoms with Crippen LogP contribution in [-0.2, 0) is 9.47 Å². The van der Waals surface area contributed by atoms with Crippen molar-refractivity contribution in [2.75, 3.05) is 20.0 Å². The molecule has 0 radical (unpaired) electrons. The summed E-state index contributed by atoms with van der Waals surface area (Å²) in [6.45, 7) is 0. The molecule has 0 bridgehead atoms. The van der Waals surface area contributed by atoms with E-state index in [1.54, 1.807) is 14.2 Å². The van der Waals surface area contributed by atoms with Gasteiger partial charge in [-0.2, -0.15) is 0 Å². The Bertz CT molecular complexity index is 272. The van der Waals surface area contributed by atoms with Crippen molar-refractivity contribution in [3.05, 3.63) is 28.7 Å². The number of halogens is 1. The van der Waals surface area contributed by atoms with Crippen LogP contribution in [-0.4, -0.2) is 26.3 Å². The maximum absolute atomic E-state index is 5.11. The van der Waals surface area contributed by atoms with Gasteiger partial charge in [-0.05, 0) is 24.3 Å². The van der Waals surface area contributed by atoms with Gasteiger partial charge in [0.25, 0.3) is 0 Å². The summed E-state index contributed by atoms with van der Waals surface area (Å²) in [5, 5.41) is 0. The van der Waals surface area contributed by atoms with Crippen LogP contribution in [0.5, 0.6) is 0 Å². The number of methoxy groups -OCH3 is 2. The lowest BCUT2D eigenvalue weighted by atomic mass is 10.4. The Morgan fingerprint density at radius 3 is 2.33 bits per heavy atom. The molecular weight excluding hydrogens is 276 g/mol. The Kier molecular flexibility index (Phi) is 6.32. The van der Waals surface area contributed by atoms with Crippen LogP contribution >= 0.6 is 27.7 Å². The van der Waals surface area contributed by atoms with E-state index in [1.807, 2.05) is 23.9 Å². The van der Waals surface area contributed by atoms with E-state index >= 15 is 0 Å². The molecule has 15 heavy (non-hydrogen) atoms. The number of hydrogen-bond donors (Lipinski definition) is 0. The SMILES string of the molecule is COC(CCSc1ccc(Br)cc1)OC. The van der Waals surface area contributed by atoms with Crippen LogP contribution in [0.4, 0.5) is 0 Å². The zero-order valence-electron chi connectivity index (χ0n) is 8.90. The van der Waals surface area contributed by atoms with E-state index in [0.717, 1.165) is 16.6 Å². The van der Waals surface area contributed by atoms with Crippen molar-refractivity contribution in [1.29, 1.82) is 0 Å². The number of hydrogen-bond acceptors (Lipinski definition) is 3. The molecular formula is C11H15BrO2S. The monoisotopic (exact) mass is 290 g/mol. The smallest absolute Gasteiger partial charge is 0.157 e. The van der Waals surface area contributed by atoms with Gasteiger partial charge in [0.2, 0.25) is 0 Å². The fraction of sp³-hybridized carbons (Fsp3) is 0.455. The summed E-state index contributed by atoms with van der Waals surface area (Å²) in [7, 11) is 3.33. The molecule has 0 unspecified atom stereocenters. The molecule has 0 atom stereocenters. The summed E-state index contributed by atoms with van der Waals surface area (Å²) in [6, 6.07) is 8.30. The van der Waals surface area contributed by atoms with Crippen molar-refractivity contribution in [3.63, 3.8) is 0 Å². The lowest BCUT2D eigenvalue weighted by molar-refractivity contribution is -0.102. The highest BCUT2D eigenvalue weighted by atomic mass is 79.9. The molecule has 4 heteroatoms. The summed E-state index contributed by atoms with van der Waals surface area (Å²) in [5.74, 6) is 0.994. The molecule has 1 aromatic carbocycles. The molecule has 0 N–H and O–H groups in total. The van der Waals surface area contributed by atoms with Crippen molar-refractivity contribution in [2.45, 2.75) is 17.6 Å². The molecule has 0 saturated heterocycles. The molecule has 0 spiro atoms. The first-order valence-corrected chi connectivity index (χ1v) is 6.48. The highest BCUT2D eigenvalue weighted by molar-refractivity contribution is 9.10. The minimum Gasteiger partial charge on any atom is -0.356 e. The summed E-state index contributed by atoms with van der Waals surface area (Å²) >= 11 is 5.22. The predicted octanol–water partition coefficient (Wildman–Crippen LogP) is 3.55. The first kappa shape index (κ1) is 13.0. The van der Waals surface area contributed by atoms with Crippen molar-refractivity contribution >= 4 is 27.7 Å². The van der Waals surface area contributed by atoms with E-state index in [2.05, 4.69) is 28.1 Å². The normalized spacial score (nSPS) is 10.9. The number of rotatable bonds is 6. The first-order valence-electron chi connectivity index (χ1n) is 4.70. The largest absolute Gasteiger partial charge is 0.356 e. The Hall–Kier alpha value is -0.0300. The second-order valence-corrected chi connectivity index (χ2v) is 5.08. The minimum absolute atomic E-state index is 0.0899. The molecule has 0 amide bonds. The molecule has 2 nitrogen and oxygen atoms in total. The van der Waals surface area contributed by atoms with Gasteiger partial charge in [0.1, 0.15) is 0 Å². The topological polar surface area (TPSA) is 18.5 Å². The Morgan fingerprint density at radius 1 is 1.20 bits per heavy atom. The molecule has 0 aliphatic heterocycles. The highest BCUT2D eigenvalue weighted by Gasteiger charge is 2.04. The molecule has 0 aromatic heterocycles. The van der Waals surface area contributed by atoms with E-state index in [0.29, 0.717) is 0 Å². The lowest BCUT2D eigenvalue weighted by Crippen LogP contribution is -2.13. The van der Waals surface area contributed by atoms with Crippen LogP contribution < -0.4 is 0 Å². The van der Waals surface area contributed by atoms with Crippen LogP contribution in [0.25, 0.3) is 0 Å². The number of thioether (sulfide) groups is 1. The third-order valence-electron chi connectivity index (χ3n) is 1.96. The molecule has 0 fully saturated rings. The van der Waals surface area contributed by atoms with Gasteiger partial charge in [0.15, 0.2) is 6.29 Å². The minimum atomic E-state index is -0.0899. The van der Waals surface area contributed by atoms with Gasteiger partial charge in [-0.25, -0.2) is 0 Å². The molecule has 0 heterocycles. The van der Waals surface area contributed by atoms with Crippen LogP contribution in [0.1, 0.15) is 6.42 Å². The molecule has 1 rings (SSSR count). The van der Waals surface area contributed by atoms with Crippen molar-refractivity contribution < 1.29 is 9.47 Å². The average Bonchev–Trinajstić information content (AvgIpc) is 2.27. The van der Waals surface area contributed by atoms with Crippen molar-refractivity contribution in [2.24, 2.45) is 0 Å². The quantitative estimate of drug-likeness (QED) is 0.590. The van der Waals surface area contributed by atoms with Gasteiger partial charge in [-0.15, -0.1) is 11.8 Å². The van der Waals surface area contributed by atoms with Crippen molar-refractivity contribution in [1.82, 2.24) is 0 Å². The van der Waals surface area contributed by atoms with Gasteiger partial charge in [0.05, 0.1) is 0 Å². The summed E-state index contributed by atoms with van der Waals surface area (Å²) in [6.07, 6.45) is 0.807. The van der Waals surface area contributed by atoms with Gasteiger partial charge in [-0.3, -0.25) is 0 Å². The standard InChI is InChI=1S/C11H15BrO2S/c1-13-11(14-2)7-8-15-10-5-3-9(12)4-6-10/h3-6,11H,7-8H2,1-2H3. The predicted molar refractivity (Wildman–Crippen MR) is 67.3 cm³/mol. The average molecular weight is 291 g/mol. The Morgan fingerprint density at radius 2 is 1.80 bits per heavy atom. The number of ether oxygens (including phenoxy) is 2. The van der Waals surface area contributed by atoms with Gasteiger partial charge in [0, 0.05) is 35.8 Å². The molecule has 1 aromatic rings. The maximum atomic E-state index is 5.11. The van der Waals surface area contributed by atoms with Crippen LogP contribution in [0.15, 0.2) is 33.6 Å². The molecule has 84 valence electrons. The van der Waals surface area contributed by atoms with Gasteiger partial charge >= 0.3 is 0 Å². The Balaban J connectivity index is 2.28. The Labute approximate surface area is 103 Å². The van der Waals surface area contributed by atoms with E-state index in [4.69, 9.17) is 9.47 Å². The van der Waals surface area contributed by atoms with Crippen LogP contribution in [0, 0.1) is 0 Å². The second kappa shape index (κ2) is 7.28. The van der Waals surface area contributed by atoms with Crippen molar-refractivity contribution in [3.8, 4) is 0 Å². The molecule has 0 aliphatic carbocycles. The summed E-state index contributed by atoms with van der Waals surface area (Å²) in [5.41, 5.74) is 0.